The Morgan fingerprint density at radius 2 is 1.94 bits per heavy atom. The number of fused-ring (bicyclic) bond motifs is 3. The van der Waals surface area contributed by atoms with Gasteiger partial charge in [-0.15, -0.1) is 0 Å². The minimum atomic E-state index is -0.455. The zero-order chi connectivity index (χ0) is 22.0. The van der Waals surface area contributed by atoms with Crippen LogP contribution in [-0.2, 0) is 27.3 Å². The number of hydrogen-bond donors (Lipinski definition) is 1. The zero-order valence-corrected chi connectivity index (χ0v) is 19.0. The van der Waals surface area contributed by atoms with Crippen molar-refractivity contribution in [3.63, 3.8) is 0 Å². The number of methoxy groups -OCH3 is 1. The molecule has 162 valence electrons. The maximum Gasteiger partial charge on any atom is 0.343 e. The molecule has 2 aromatic carbocycles. The number of rotatable bonds is 6. The van der Waals surface area contributed by atoms with Crippen LogP contribution in [0.15, 0.2) is 46.9 Å². The molecule has 1 aliphatic rings. The van der Waals surface area contributed by atoms with Crippen LogP contribution in [0, 0.1) is 0 Å². The molecule has 1 aromatic heterocycles. The Kier molecular flexibility index (Phi) is 6.32. The number of primary amides is 1. The van der Waals surface area contributed by atoms with Crippen LogP contribution in [0.2, 0.25) is 0 Å². The van der Waals surface area contributed by atoms with Gasteiger partial charge in [-0.1, -0.05) is 40.5 Å². The average Bonchev–Trinajstić information content (AvgIpc) is 2.92. The van der Waals surface area contributed by atoms with E-state index in [1.165, 1.54) is 7.11 Å². The van der Waals surface area contributed by atoms with Crippen LogP contribution in [-0.4, -0.2) is 30.2 Å². The Labute approximate surface area is 189 Å². The summed E-state index contributed by atoms with van der Waals surface area (Å²) in [6, 6.07) is 14.0. The quantitative estimate of drug-likeness (QED) is 0.417. The highest BCUT2D eigenvalue weighted by atomic mass is 79.9. The summed E-state index contributed by atoms with van der Waals surface area (Å²) in [6.07, 6.45) is 3.50. The summed E-state index contributed by atoms with van der Waals surface area (Å²) < 4.78 is 13.9. The van der Waals surface area contributed by atoms with Gasteiger partial charge in [-0.2, -0.15) is 0 Å². The van der Waals surface area contributed by atoms with E-state index in [2.05, 4.69) is 32.6 Å². The van der Waals surface area contributed by atoms with Gasteiger partial charge in [-0.3, -0.25) is 4.79 Å². The van der Waals surface area contributed by atoms with E-state index in [1.807, 2.05) is 30.3 Å². The van der Waals surface area contributed by atoms with Gasteiger partial charge in [0.25, 0.3) is 0 Å². The third-order valence-corrected chi connectivity index (χ3v) is 6.41. The Balaban J connectivity index is 1.90. The summed E-state index contributed by atoms with van der Waals surface area (Å²) in [5.74, 6) is -0.589. The second kappa shape index (κ2) is 9.14. The first kappa shape index (κ1) is 21.4. The molecule has 0 bridgehead atoms. The Morgan fingerprint density at radius 1 is 1.16 bits per heavy atom. The fourth-order valence-corrected chi connectivity index (χ4v) is 4.70. The highest BCUT2D eigenvalue weighted by Crippen LogP contribution is 2.42. The van der Waals surface area contributed by atoms with E-state index in [1.54, 1.807) is 0 Å². The molecular weight excluding hydrogens is 460 g/mol. The molecule has 1 atom stereocenters. The van der Waals surface area contributed by atoms with Gasteiger partial charge in [0, 0.05) is 22.1 Å². The fourth-order valence-electron chi connectivity index (χ4n) is 4.43. The van der Waals surface area contributed by atoms with Crippen molar-refractivity contribution in [3.8, 4) is 5.75 Å². The number of halogens is 1. The molecule has 0 fully saturated rings. The normalized spacial score (nSPS) is 15.9. The lowest BCUT2D eigenvalue weighted by molar-refractivity contribution is -0.142. The van der Waals surface area contributed by atoms with Crippen LogP contribution in [0.3, 0.4) is 0 Å². The van der Waals surface area contributed by atoms with Gasteiger partial charge in [0.15, 0.2) is 6.61 Å². The minimum Gasteiger partial charge on any atom is -0.481 e. The van der Waals surface area contributed by atoms with Crippen LogP contribution in [0.25, 0.3) is 10.9 Å². The van der Waals surface area contributed by atoms with Gasteiger partial charge in [-0.25, -0.2) is 4.79 Å². The van der Waals surface area contributed by atoms with Crippen molar-refractivity contribution < 1.29 is 19.1 Å². The molecule has 1 aliphatic carbocycles. The first-order chi connectivity index (χ1) is 15.0. The monoisotopic (exact) mass is 484 g/mol. The van der Waals surface area contributed by atoms with Crippen LogP contribution in [0.5, 0.6) is 5.75 Å². The maximum absolute atomic E-state index is 12.4. The summed E-state index contributed by atoms with van der Waals surface area (Å²) in [5.41, 5.74) is 10.0. The predicted molar refractivity (Wildman–Crippen MR) is 122 cm³/mol. The molecule has 0 aliphatic heterocycles. The third kappa shape index (κ3) is 4.32. The number of esters is 1. The van der Waals surface area contributed by atoms with Crippen molar-refractivity contribution in [1.82, 2.24) is 4.57 Å². The summed E-state index contributed by atoms with van der Waals surface area (Å²) in [6.45, 7) is 0.481. The number of hydrogen-bond acceptors (Lipinski definition) is 4. The van der Waals surface area contributed by atoms with E-state index in [0.29, 0.717) is 18.7 Å². The lowest BCUT2D eigenvalue weighted by Gasteiger charge is -2.14. The van der Waals surface area contributed by atoms with Crippen molar-refractivity contribution in [1.29, 1.82) is 0 Å². The molecule has 6 nitrogen and oxygen atoms in total. The van der Waals surface area contributed by atoms with Gasteiger partial charge < -0.3 is 19.8 Å². The van der Waals surface area contributed by atoms with E-state index in [-0.39, 0.29) is 18.4 Å². The minimum absolute atomic E-state index is 0.191. The number of amides is 1. The number of benzene rings is 2. The number of carbonyl (C=O) groups excluding carboxylic acids is 2. The molecule has 0 saturated carbocycles. The molecule has 0 spiro atoms. The lowest BCUT2D eigenvalue weighted by Crippen LogP contribution is -2.21. The molecule has 31 heavy (non-hydrogen) atoms. The maximum atomic E-state index is 12.4. The van der Waals surface area contributed by atoms with Gasteiger partial charge in [0.05, 0.1) is 18.5 Å². The largest absolute Gasteiger partial charge is 0.481 e. The standard InChI is InChI=1S/C24H25BrN2O4/c1-30-21(28)14-31-20-8-4-7-19-23(20)22-17(24(26)29)5-2-3-6-18(22)27(19)13-15-9-11-16(25)12-10-15/h4,7-12,17H,2-3,5-6,13-14H2,1H3,(H2,26,29). The molecule has 1 unspecified atom stereocenters. The highest BCUT2D eigenvalue weighted by Gasteiger charge is 2.31. The molecular formula is C24H25BrN2O4. The topological polar surface area (TPSA) is 83.6 Å². The Hall–Kier alpha value is -2.80. The Bertz CT molecular complexity index is 1120. The van der Waals surface area contributed by atoms with E-state index in [9.17, 15) is 9.59 Å². The van der Waals surface area contributed by atoms with E-state index >= 15 is 0 Å². The number of aromatic nitrogens is 1. The summed E-state index contributed by atoms with van der Waals surface area (Å²) >= 11 is 3.49. The van der Waals surface area contributed by atoms with E-state index in [0.717, 1.165) is 51.5 Å². The molecule has 2 N–H and O–H groups in total. The van der Waals surface area contributed by atoms with Crippen molar-refractivity contribution in [2.75, 3.05) is 13.7 Å². The van der Waals surface area contributed by atoms with Crippen molar-refractivity contribution in [2.45, 2.75) is 38.1 Å². The molecule has 4 rings (SSSR count). The molecule has 1 heterocycles. The highest BCUT2D eigenvalue weighted by molar-refractivity contribution is 9.10. The lowest BCUT2D eigenvalue weighted by atomic mass is 9.92. The molecule has 1 amide bonds. The van der Waals surface area contributed by atoms with Crippen LogP contribution in [0.4, 0.5) is 0 Å². The SMILES string of the molecule is COC(=O)COc1cccc2c1c1c(n2Cc2ccc(Br)cc2)CCCCC1C(N)=O. The second-order valence-corrected chi connectivity index (χ2v) is 8.70. The average molecular weight is 485 g/mol. The van der Waals surface area contributed by atoms with Crippen LogP contribution >= 0.6 is 15.9 Å². The van der Waals surface area contributed by atoms with Gasteiger partial charge in [-0.05, 0) is 54.7 Å². The second-order valence-electron chi connectivity index (χ2n) is 7.79. The fraction of sp³-hybridized carbons (Fsp3) is 0.333. The van der Waals surface area contributed by atoms with Gasteiger partial charge in [0.2, 0.25) is 5.91 Å². The molecule has 7 heteroatoms. The van der Waals surface area contributed by atoms with Gasteiger partial charge in [0.1, 0.15) is 5.75 Å². The van der Waals surface area contributed by atoms with Crippen LogP contribution in [0.1, 0.15) is 42.0 Å². The zero-order valence-electron chi connectivity index (χ0n) is 17.4. The summed E-state index contributed by atoms with van der Waals surface area (Å²) in [7, 11) is 1.33. The number of nitrogens with zero attached hydrogens (tertiary/aromatic N) is 1. The van der Waals surface area contributed by atoms with Crippen molar-refractivity contribution in [2.24, 2.45) is 5.73 Å². The van der Waals surface area contributed by atoms with E-state index in [4.69, 9.17) is 15.2 Å². The smallest absolute Gasteiger partial charge is 0.343 e. The van der Waals surface area contributed by atoms with Gasteiger partial charge >= 0.3 is 5.97 Å². The Morgan fingerprint density at radius 3 is 2.65 bits per heavy atom. The first-order valence-electron chi connectivity index (χ1n) is 10.4. The molecule has 0 radical (unpaired) electrons. The summed E-state index contributed by atoms with van der Waals surface area (Å²) in [5, 5.41) is 0.865. The van der Waals surface area contributed by atoms with Crippen LogP contribution < -0.4 is 10.5 Å². The number of nitrogens with two attached hydrogens (primary N) is 1. The predicted octanol–water partition coefficient (Wildman–Crippen LogP) is 4.30. The van der Waals surface area contributed by atoms with E-state index < -0.39 is 5.97 Å². The third-order valence-electron chi connectivity index (χ3n) is 5.88. The number of ether oxygens (including phenoxy) is 2. The molecule has 3 aromatic rings. The first-order valence-corrected chi connectivity index (χ1v) is 11.2. The van der Waals surface area contributed by atoms with Crippen molar-refractivity contribution in [3.05, 3.63) is 63.8 Å². The summed E-state index contributed by atoms with van der Waals surface area (Å²) in [4.78, 5) is 24.1. The molecule has 0 saturated heterocycles. The number of carbonyl (C=O) groups is 2. The van der Waals surface area contributed by atoms with Crippen molar-refractivity contribution >= 4 is 38.7 Å².